The minimum atomic E-state index is -0.373. The minimum Gasteiger partial charge on any atom is -0.497 e. The fraction of sp³-hybridized carbons (Fsp3) is 0.391. The number of carbonyl (C=O) groups excluding carboxylic acids is 2. The first-order valence-electron chi connectivity index (χ1n) is 10.4. The molecule has 1 unspecified atom stereocenters. The highest BCUT2D eigenvalue weighted by Crippen LogP contribution is 2.37. The predicted octanol–water partition coefficient (Wildman–Crippen LogP) is 3.80. The minimum absolute atomic E-state index is 0.0189. The zero-order valence-electron chi connectivity index (χ0n) is 17.6. The lowest BCUT2D eigenvalue weighted by atomic mass is 9.97. The average Bonchev–Trinajstić information content (AvgIpc) is 3.05. The van der Waals surface area contributed by atoms with Crippen LogP contribution >= 0.6 is 0 Å². The number of hydrogen-bond acceptors (Lipinski definition) is 4. The number of fused-ring (bicyclic) bond motifs is 2. The lowest BCUT2D eigenvalue weighted by Gasteiger charge is -2.39. The van der Waals surface area contributed by atoms with Crippen LogP contribution in [-0.4, -0.2) is 49.2 Å². The van der Waals surface area contributed by atoms with Crippen molar-refractivity contribution in [2.75, 3.05) is 19.5 Å². The second kappa shape index (κ2) is 8.83. The lowest BCUT2D eigenvalue weighted by Crippen LogP contribution is -2.53. The standard InChI is InChI=1S/C23H26FN3O4/c1-30-19-9-10-20(21(13-19)31-2)26-23(29)27-17-7-8-18(27)12-16(11-17)25-22(28)14-3-5-15(24)6-4-14/h3-6,9-10,13,16-18H,7-8,11-12H2,1-2H3,(H,25,28)(H,26,29)/t16?,17-,18+. The molecule has 8 heteroatoms. The summed E-state index contributed by atoms with van der Waals surface area (Å²) in [5.74, 6) is 0.585. The van der Waals surface area contributed by atoms with Gasteiger partial charge in [0.05, 0.1) is 19.9 Å². The van der Waals surface area contributed by atoms with Crippen LogP contribution in [-0.2, 0) is 0 Å². The van der Waals surface area contributed by atoms with Gasteiger partial charge in [-0.05, 0) is 62.1 Å². The third-order valence-electron chi connectivity index (χ3n) is 6.06. The number of piperidine rings is 1. The topological polar surface area (TPSA) is 79.9 Å². The van der Waals surface area contributed by atoms with Gasteiger partial charge in [-0.15, -0.1) is 0 Å². The molecule has 2 aliphatic heterocycles. The van der Waals surface area contributed by atoms with Gasteiger partial charge in [0.2, 0.25) is 0 Å². The van der Waals surface area contributed by atoms with E-state index < -0.39 is 0 Å². The van der Waals surface area contributed by atoms with Gasteiger partial charge in [-0.2, -0.15) is 0 Å². The molecule has 0 spiro atoms. The quantitative estimate of drug-likeness (QED) is 0.761. The van der Waals surface area contributed by atoms with E-state index in [1.807, 2.05) is 4.90 Å². The monoisotopic (exact) mass is 427 g/mol. The van der Waals surface area contributed by atoms with Crippen molar-refractivity contribution in [1.82, 2.24) is 10.2 Å². The Balaban J connectivity index is 1.39. The molecule has 2 bridgehead atoms. The van der Waals surface area contributed by atoms with Crippen LogP contribution in [0.3, 0.4) is 0 Å². The average molecular weight is 427 g/mol. The number of halogens is 1. The number of rotatable bonds is 5. The Morgan fingerprint density at radius 3 is 2.29 bits per heavy atom. The molecule has 0 aromatic heterocycles. The molecule has 2 aromatic rings. The molecular formula is C23H26FN3O4. The molecule has 2 saturated heterocycles. The number of amides is 3. The van der Waals surface area contributed by atoms with Crippen molar-refractivity contribution >= 4 is 17.6 Å². The zero-order valence-corrected chi connectivity index (χ0v) is 17.6. The van der Waals surface area contributed by atoms with E-state index in [1.165, 1.54) is 24.3 Å². The van der Waals surface area contributed by atoms with Gasteiger partial charge in [0, 0.05) is 29.8 Å². The van der Waals surface area contributed by atoms with Crippen LogP contribution in [0.15, 0.2) is 42.5 Å². The molecule has 2 aliphatic rings. The second-order valence-electron chi connectivity index (χ2n) is 7.94. The summed E-state index contributed by atoms with van der Waals surface area (Å²) in [4.78, 5) is 27.4. The molecule has 0 aliphatic carbocycles. The summed E-state index contributed by atoms with van der Waals surface area (Å²) in [5.41, 5.74) is 1.01. The van der Waals surface area contributed by atoms with Crippen LogP contribution in [0.5, 0.6) is 11.5 Å². The highest BCUT2D eigenvalue weighted by molar-refractivity contribution is 5.94. The summed E-state index contributed by atoms with van der Waals surface area (Å²) in [6.45, 7) is 0. The second-order valence-corrected chi connectivity index (χ2v) is 7.94. The number of carbonyl (C=O) groups is 2. The maximum absolute atomic E-state index is 13.1. The van der Waals surface area contributed by atoms with Crippen LogP contribution in [0.1, 0.15) is 36.0 Å². The first-order valence-corrected chi connectivity index (χ1v) is 10.4. The molecule has 164 valence electrons. The SMILES string of the molecule is COc1ccc(NC(=O)N2[C@@H]3CC[C@H]2CC(NC(=O)c2ccc(F)cc2)C3)c(OC)c1. The van der Waals surface area contributed by atoms with Crippen LogP contribution in [0.4, 0.5) is 14.9 Å². The number of methoxy groups -OCH3 is 2. The van der Waals surface area contributed by atoms with Crippen molar-refractivity contribution in [2.45, 2.75) is 43.8 Å². The molecule has 4 rings (SSSR count). The first-order chi connectivity index (χ1) is 15.0. The van der Waals surface area contributed by atoms with E-state index in [4.69, 9.17) is 9.47 Å². The maximum Gasteiger partial charge on any atom is 0.322 e. The van der Waals surface area contributed by atoms with E-state index in [1.54, 1.807) is 32.4 Å². The Morgan fingerprint density at radius 2 is 1.68 bits per heavy atom. The Labute approximate surface area is 180 Å². The number of nitrogens with one attached hydrogen (secondary N) is 2. The lowest BCUT2D eigenvalue weighted by molar-refractivity contribution is 0.0891. The van der Waals surface area contributed by atoms with E-state index in [9.17, 15) is 14.0 Å². The van der Waals surface area contributed by atoms with Gasteiger partial charge < -0.3 is 25.0 Å². The Kier molecular flexibility index (Phi) is 5.97. The molecule has 7 nitrogen and oxygen atoms in total. The molecule has 2 aromatic carbocycles. The fourth-order valence-electron chi connectivity index (χ4n) is 4.58. The van der Waals surface area contributed by atoms with E-state index >= 15 is 0 Å². The van der Waals surface area contributed by atoms with Gasteiger partial charge >= 0.3 is 6.03 Å². The normalized spacial score (nSPS) is 22.0. The van der Waals surface area contributed by atoms with E-state index in [2.05, 4.69) is 10.6 Å². The molecule has 0 radical (unpaired) electrons. The van der Waals surface area contributed by atoms with Crippen LogP contribution in [0.2, 0.25) is 0 Å². The summed E-state index contributed by atoms with van der Waals surface area (Å²) in [6, 6.07) is 10.7. The third-order valence-corrected chi connectivity index (χ3v) is 6.06. The first kappa shape index (κ1) is 21.0. The molecule has 31 heavy (non-hydrogen) atoms. The zero-order chi connectivity index (χ0) is 22.0. The number of nitrogens with zero attached hydrogens (tertiary/aromatic N) is 1. The van der Waals surface area contributed by atoms with Crippen molar-refractivity contribution in [3.8, 4) is 11.5 Å². The Morgan fingerprint density at radius 1 is 1.00 bits per heavy atom. The molecule has 3 amide bonds. The van der Waals surface area contributed by atoms with Crippen molar-refractivity contribution in [3.63, 3.8) is 0 Å². The molecule has 0 saturated carbocycles. The fourth-order valence-corrected chi connectivity index (χ4v) is 4.58. The smallest absolute Gasteiger partial charge is 0.322 e. The van der Waals surface area contributed by atoms with E-state index in [-0.39, 0.29) is 35.9 Å². The molecular weight excluding hydrogens is 401 g/mol. The van der Waals surface area contributed by atoms with E-state index in [0.29, 0.717) is 35.6 Å². The number of hydrogen-bond donors (Lipinski definition) is 2. The van der Waals surface area contributed by atoms with Gasteiger partial charge in [0.25, 0.3) is 5.91 Å². The van der Waals surface area contributed by atoms with E-state index in [0.717, 1.165) is 12.8 Å². The summed E-state index contributed by atoms with van der Waals surface area (Å²) in [7, 11) is 3.12. The van der Waals surface area contributed by atoms with Gasteiger partial charge in [-0.25, -0.2) is 9.18 Å². The van der Waals surface area contributed by atoms with Crippen LogP contribution in [0.25, 0.3) is 0 Å². The highest BCUT2D eigenvalue weighted by atomic mass is 19.1. The van der Waals surface area contributed by atoms with Gasteiger partial charge in [-0.1, -0.05) is 0 Å². The molecule has 2 heterocycles. The van der Waals surface area contributed by atoms with Crippen molar-refractivity contribution < 1.29 is 23.5 Å². The predicted molar refractivity (Wildman–Crippen MR) is 114 cm³/mol. The molecule has 2 fully saturated rings. The summed E-state index contributed by atoms with van der Waals surface area (Å²) in [6.07, 6.45) is 3.19. The summed E-state index contributed by atoms with van der Waals surface area (Å²) >= 11 is 0. The summed E-state index contributed by atoms with van der Waals surface area (Å²) < 4.78 is 23.7. The van der Waals surface area contributed by atoms with Crippen molar-refractivity contribution in [2.24, 2.45) is 0 Å². The third kappa shape index (κ3) is 4.42. The Bertz CT molecular complexity index is 952. The van der Waals surface area contributed by atoms with Gasteiger partial charge in [-0.3, -0.25) is 4.79 Å². The number of anilines is 1. The number of benzene rings is 2. The summed E-state index contributed by atoms with van der Waals surface area (Å²) in [5, 5.41) is 6.00. The van der Waals surface area contributed by atoms with Crippen molar-refractivity contribution in [1.29, 1.82) is 0 Å². The highest BCUT2D eigenvalue weighted by Gasteiger charge is 2.43. The van der Waals surface area contributed by atoms with Crippen LogP contribution < -0.4 is 20.1 Å². The van der Waals surface area contributed by atoms with Gasteiger partial charge in [0.1, 0.15) is 17.3 Å². The Hall–Kier alpha value is -3.29. The van der Waals surface area contributed by atoms with Crippen molar-refractivity contribution in [3.05, 3.63) is 53.8 Å². The largest absolute Gasteiger partial charge is 0.497 e. The molecule has 3 atom stereocenters. The number of urea groups is 1. The maximum atomic E-state index is 13.1. The number of ether oxygens (including phenoxy) is 2. The van der Waals surface area contributed by atoms with Crippen LogP contribution in [0, 0.1) is 5.82 Å². The van der Waals surface area contributed by atoms with Gasteiger partial charge in [0.15, 0.2) is 0 Å². The molecule has 2 N–H and O–H groups in total.